The third-order valence-corrected chi connectivity index (χ3v) is 4.66. The van der Waals surface area contributed by atoms with Gasteiger partial charge in [0.25, 0.3) is 0 Å². The second-order valence-corrected chi connectivity index (χ2v) is 6.57. The zero-order valence-electron chi connectivity index (χ0n) is 14.6. The van der Waals surface area contributed by atoms with Crippen molar-refractivity contribution in [2.45, 2.75) is 19.4 Å². The van der Waals surface area contributed by atoms with Crippen LogP contribution >= 0.6 is 11.6 Å². The van der Waals surface area contributed by atoms with Gasteiger partial charge in [-0.3, -0.25) is 5.10 Å². The van der Waals surface area contributed by atoms with Crippen molar-refractivity contribution in [1.29, 1.82) is 5.26 Å². The minimum atomic E-state index is -0.546. The first-order chi connectivity index (χ1) is 13.5. The van der Waals surface area contributed by atoms with Gasteiger partial charge in [0.2, 0.25) is 11.8 Å². The number of rotatable bonds is 4. The van der Waals surface area contributed by atoms with E-state index in [1.807, 2.05) is 6.92 Å². The van der Waals surface area contributed by atoms with Crippen LogP contribution in [0.4, 0.5) is 4.39 Å². The molecule has 28 heavy (non-hydrogen) atoms. The second kappa shape index (κ2) is 6.94. The summed E-state index contributed by atoms with van der Waals surface area (Å²) in [6, 6.07) is 9.41. The molecule has 1 aliphatic rings. The van der Waals surface area contributed by atoms with Gasteiger partial charge in [-0.2, -0.15) is 5.26 Å². The molecule has 0 fully saturated rings. The molecule has 9 heteroatoms. The van der Waals surface area contributed by atoms with Crippen molar-refractivity contribution in [2.75, 3.05) is 0 Å². The Balaban J connectivity index is 1.62. The molecule has 0 saturated carbocycles. The molecule has 2 aromatic heterocycles. The number of nitrogens with two attached hydrogens (primary N) is 1. The lowest BCUT2D eigenvalue weighted by molar-refractivity contribution is 0.264. The quantitative estimate of drug-likeness (QED) is 0.687. The molecule has 1 aliphatic heterocycles. The number of hydrogen-bond donors (Lipinski definition) is 2. The summed E-state index contributed by atoms with van der Waals surface area (Å²) in [4.78, 5) is 0. The number of nitrogens with one attached hydrogen (secondary N) is 1. The van der Waals surface area contributed by atoms with Gasteiger partial charge >= 0.3 is 0 Å². The maximum Gasteiger partial charge on any atom is 0.244 e. The fourth-order valence-corrected chi connectivity index (χ4v) is 3.27. The molecule has 1 atom stereocenters. The number of aromatic nitrogens is 2. The molecule has 0 saturated heterocycles. The molecule has 0 bridgehead atoms. The molecule has 0 spiro atoms. The molecule has 0 radical (unpaired) electrons. The van der Waals surface area contributed by atoms with Crippen molar-refractivity contribution in [3.8, 4) is 17.7 Å². The molecule has 0 aliphatic carbocycles. The van der Waals surface area contributed by atoms with Crippen molar-refractivity contribution in [3.63, 3.8) is 0 Å². The topological polar surface area (TPSA) is 110 Å². The maximum absolute atomic E-state index is 13.1. The standard InChI is InChI=1S/C19H14ClFN4O3/c1-9-16-17(12(7-22)18(23)28-19(16)25-24-9)15-5-3-11(27-15)8-26-14-4-2-10(21)6-13(14)20/h2-6,17H,8,23H2,1H3,(H,24,25)/t17-/m1/s1. The van der Waals surface area contributed by atoms with Crippen LogP contribution in [0, 0.1) is 24.1 Å². The van der Waals surface area contributed by atoms with Crippen LogP contribution in [0.3, 0.4) is 0 Å². The van der Waals surface area contributed by atoms with E-state index in [0.717, 1.165) is 5.69 Å². The van der Waals surface area contributed by atoms with Crippen LogP contribution in [0.2, 0.25) is 5.02 Å². The Morgan fingerprint density at radius 1 is 1.39 bits per heavy atom. The summed E-state index contributed by atoms with van der Waals surface area (Å²) in [7, 11) is 0. The number of furan rings is 1. The zero-order valence-corrected chi connectivity index (χ0v) is 15.4. The van der Waals surface area contributed by atoms with Crippen molar-refractivity contribution in [1.82, 2.24) is 10.2 Å². The number of nitrogens with zero attached hydrogens (tertiary/aromatic N) is 2. The van der Waals surface area contributed by atoms with E-state index in [4.69, 9.17) is 31.2 Å². The van der Waals surface area contributed by atoms with E-state index in [9.17, 15) is 9.65 Å². The molecule has 7 nitrogen and oxygen atoms in total. The molecular formula is C19H14ClFN4O3. The molecule has 0 unspecified atom stereocenters. The number of hydrogen-bond acceptors (Lipinski definition) is 6. The lowest BCUT2D eigenvalue weighted by Gasteiger charge is -2.21. The van der Waals surface area contributed by atoms with E-state index in [1.165, 1.54) is 18.2 Å². The normalized spacial score (nSPS) is 15.7. The Kier molecular flexibility index (Phi) is 4.45. The van der Waals surface area contributed by atoms with Crippen LogP contribution in [0.25, 0.3) is 0 Å². The predicted octanol–water partition coefficient (Wildman–Crippen LogP) is 3.90. The smallest absolute Gasteiger partial charge is 0.244 e. The SMILES string of the molecule is Cc1[nH]nc2c1[C@@H](c1ccc(COc3ccc(F)cc3Cl)o1)C(C#N)=C(N)O2. The molecule has 3 aromatic rings. The average molecular weight is 401 g/mol. The maximum atomic E-state index is 13.1. The van der Waals surface area contributed by atoms with Crippen LogP contribution in [0.5, 0.6) is 11.6 Å². The van der Waals surface area contributed by atoms with Gasteiger partial charge in [0, 0.05) is 5.69 Å². The first kappa shape index (κ1) is 17.9. The Morgan fingerprint density at radius 2 is 2.21 bits per heavy atom. The van der Waals surface area contributed by atoms with E-state index in [2.05, 4.69) is 16.3 Å². The number of nitriles is 1. The van der Waals surface area contributed by atoms with Gasteiger partial charge in [-0.1, -0.05) is 11.6 Å². The molecular weight excluding hydrogens is 387 g/mol. The van der Waals surface area contributed by atoms with Gasteiger partial charge < -0.3 is 19.6 Å². The lowest BCUT2D eigenvalue weighted by atomic mass is 9.88. The van der Waals surface area contributed by atoms with Crippen LogP contribution in [0.1, 0.15) is 28.7 Å². The first-order valence-electron chi connectivity index (χ1n) is 8.27. The highest BCUT2D eigenvalue weighted by molar-refractivity contribution is 6.32. The van der Waals surface area contributed by atoms with Gasteiger partial charge in [-0.15, -0.1) is 5.10 Å². The van der Waals surface area contributed by atoms with E-state index in [0.29, 0.717) is 28.7 Å². The third-order valence-electron chi connectivity index (χ3n) is 4.36. The minimum absolute atomic E-state index is 0.0150. The number of fused-ring (bicyclic) bond motifs is 1. The summed E-state index contributed by atoms with van der Waals surface area (Å²) in [6.45, 7) is 1.90. The predicted molar refractivity (Wildman–Crippen MR) is 97.1 cm³/mol. The molecule has 4 rings (SSSR count). The van der Waals surface area contributed by atoms with Gasteiger partial charge in [-0.25, -0.2) is 4.39 Å². The number of H-pyrrole nitrogens is 1. The fraction of sp³-hybridized carbons (Fsp3) is 0.158. The summed E-state index contributed by atoms with van der Waals surface area (Å²) >= 11 is 5.96. The second-order valence-electron chi connectivity index (χ2n) is 6.16. The summed E-state index contributed by atoms with van der Waals surface area (Å²) in [6.07, 6.45) is 0. The van der Waals surface area contributed by atoms with Crippen LogP contribution in [-0.2, 0) is 6.61 Å². The van der Waals surface area contributed by atoms with Crippen molar-refractivity contribution in [2.24, 2.45) is 5.73 Å². The van der Waals surface area contributed by atoms with Crippen LogP contribution < -0.4 is 15.2 Å². The number of allylic oxidation sites excluding steroid dienone is 1. The third kappa shape index (κ3) is 3.06. The monoisotopic (exact) mass is 400 g/mol. The lowest BCUT2D eigenvalue weighted by Crippen LogP contribution is -2.20. The molecule has 3 heterocycles. The summed E-state index contributed by atoms with van der Waals surface area (Å²) in [5.74, 6) is 0.636. The molecule has 142 valence electrons. The van der Waals surface area contributed by atoms with Crippen LogP contribution in [0.15, 0.2) is 46.2 Å². The molecule has 1 aromatic carbocycles. The largest absolute Gasteiger partial charge is 0.484 e. The van der Waals surface area contributed by atoms with Gasteiger partial charge in [-0.05, 0) is 37.3 Å². The van der Waals surface area contributed by atoms with E-state index in [-0.39, 0.29) is 23.1 Å². The molecule has 0 amide bonds. The van der Waals surface area contributed by atoms with Gasteiger partial charge in [0.15, 0.2) is 0 Å². The molecule has 3 N–H and O–H groups in total. The highest BCUT2D eigenvalue weighted by Gasteiger charge is 2.36. The number of aryl methyl sites for hydroxylation is 1. The van der Waals surface area contributed by atoms with Crippen molar-refractivity contribution >= 4 is 11.6 Å². The Morgan fingerprint density at radius 3 is 2.96 bits per heavy atom. The van der Waals surface area contributed by atoms with E-state index in [1.54, 1.807) is 12.1 Å². The Hall–Kier alpha value is -3.44. The summed E-state index contributed by atoms with van der Waals surface area (Å²) in [5.41, 5.74) is 7.55. The fourth-order valence-electron chi connectivity index (χ4n) is 3.05. The minimum Gasteiger partial charge on any atom is -0.484 e. The Bertz CT molecular complexity index is 1130. The number of ether oxygens (including phenoxy) is 2. The zero-order chi connectivity index (χ0) is 19.8. The first-order valence-corrected chi connectivity index (χ1v) is 8.64. The van der Waals surface area contributed by atoms with E-state index >= 15 is 0 Å². The average Bonchev–Trinajstić information content (AvgIpc) is 3.27. The number of aromatic amines is 1. The Labute approximate surface area is 164 Å². The van der Waals surface area contributed by atoms with E-state index < -0.39 is 11.7 Å². The highest BCUT2D eigenvalue weighted by Crippen LogP contribution is 2.43. The summed E-state index contributed by atoms with van der Waals surface area (Å²) < 4.78 is 30.0. The van der Waals surface area contributed by atoms with Gasteiger partial charge in [0.1, 0.15) is 41.3 Å². The number of benzene rings is 1. The number of halogens is 2. The highest BCUT2D eigenvalue weighted by atomic mass is 35.5. The van der Waals surface area contributed by atoms with Crippen molar-refractivity contribution < 1.29 is 18.3 Å². The van der Waals surface area contributed by atoms with Crippen LogP contribution in [-0.4, -0.2) is 10.2 Å². The van der Waals surface area contributed by atoms with Gasteiger partial charge in [0.05, 0.1) is 16.5 Å². The van der Waals surface area contributed by atoms with Crippen molar-refractivity contribution in [3.05, 3.63) is 75.4 Å². The summed E-state index contributed by atoms with van der Waals surface area (Å²) in [5, 5.41) is 16.6.